The van der Waals surface area contributed by atoms with E-state index in [-0.39, 0.29) is 18.1 Å². The summed E-state index contributed by atoms with van der Waals surface area (Å²) in [6.07, 6.45) is 8.25. The SMILES string of the molecule is O=C(CCc1cccnc1)NC1COCCC1OCC1CC1. The van der Waals surface area contributed by atoms with E-state index in [2.05, 4.69) is 10.3 Å². The van der Waals surface area contributed by atoms with Crippen LogP contribution >= 0.6 is 0 Å². The molecule has 1 aliphatic carbocycles. The van der Waals surface area contributed by atoms with E-state index < -0.39 is 0 Å². The molecule has 5 heteroatoms. The zero-order valence-electron chi connectivity index (χ0n) is 12.9. The van der Waals surface area contributed by atoms with Crippen LogP contribution in [0.15, 0.2) is 24.5 Å². The molecule has 0 spiro atoms. The molecule has 1 aromatic rings. The van der Waals surface area contributed by atoms with Gasteiger partial charge in [0.1, 0.15) is 0 Å². The number of hydrogen-bond donors (Lipinski definition) is 1. The highest BCUT2D eigenvalue weighted by atomic mass is 16.5. The Kier molecular flexibility index (Phi) is 5.40. The fourth-order valence-corrected chi connectivity index (χ4v) is 2.68. The summed E-state index contributed by atoms with van der Waals surface area (Å²) in [5, 5.41) is 3.07. The maximum atomic E-state index is 12.1. The number of amides is 1. The molecule has 2 atom stereocenters. The Morgan fingerprint density at radius 3 is 3.09 bits per heavy atom. The van der Waals surface area contributed by atoms with Gasteiger partial charge in [-0.2, -0.15) is 0 Å². The Bertz CT molecular complexity index is 476. The monoisotopic (exact) mass is 304 g/mol. The molecule has 2 unspecified atom stereocenters. The average molecular weight is 304 g/mol. The van der Waals surface area contributed by atoms with Crippen LogP contribution in [0.3, 0.4) is 0 Å². The number of carbonyl (C=O) groups excluding carboxylic acids is 1. The van der Waals surface area contributed by atoms with E-state index >= 15 is 0 Å². The van der Waals surface area contributed by atoms with Crippen molar-refractivity contribution < 1.29 is 14.3 Å². The van der Waals surface area contributed by atoms with Crippen LogP contribution in [-0.2, 0) is 20.7 Å². The molecule has 1 saturated carbocycles. The maximum absolute atomic E-state index is 12.1. The molecule has 3 rings (SSSR count). The molecule has 0 radical (unpaired) electrons. The summed E-state index contributed by atoms with van der Waals surface area (Å²) in [5.41, 5.74) is 1.08. The standard InChI is InChI=1S/C17H24N2O3/c20-17(6-5-13-2-1-8-18-10-13)19-15-12-21-9-7-16(15)22-11-14-3-4-14/h1-2,8,10,14-16H,3-7,9,11-12H2,(H,19,20). The van der Waals surface area contributed by atoms with Crippen LogP contribution in [0.25, 0.3) is 0 Å². The van der Waals surface area contributed by atoms with Gasteiger partial charge in [-0.15, -0.1) is 0 Å². The normalized spacial score (nSPS) is 24.9. The number of pyridine rings is 1. The Labute approximate surface area is 131 Å². The van der Waals surface area contributed by atoms with E-state index in [0.717, 1.165) is 31.1 Å². The van der Waals surface area contributed by atoms with Crippen LogP contribution in [0.1, 0.15) is 31.2 Å². The second-order valence-corrected chi connectivity index (χ2v) is 6.21. The molecule has 2 fully saturated rings. The highest BCUT2D eigenvalue weighted by molar-refractivity contribution is 5.76. The zero-order valence-corrected chi connectivity index (χ0v) is 12.9. The molecule has 1 aromatic heterocycles. The molecular weight excluding hydrogens is 280 g/mol. The first-order valence-electron chi connectivity index (χ1n) is 8.19. The van der Waals surface area contributed by atoms with Gasteiger partial charge in [-0.25, -0.2) is 0 Å². The van der Waals surface area contributed by atoms with Crippen molar-refractivity contribution in [2.24, 2.45) is 5.92 Å². The van der Waals surface area contributed by atoms with Crippen LogP contribution in [-0.4, -0.2) is 42.9 Å². The van der Waals surface area contributed by atoms with Crippen molar-refractivity contribution in [1.82, 2.24) is 10.3 Å². The van der Waals surface area contributed by atoms with Crippen molar-refractivity contribution in [3.63, 3.8) is 0 Å². The largest absolute Gasteiger partial charge is 0.379 e. The van der Waals surface area contributed by atoms with Gasteiger partial charge < -0.3 is 14.8 Å². The molecule has 1 N–H and O–H groups in total. The lowest BCUT2D eigenvalue weighted by atomic mass is 10.1. The van der Waals surface area contributed by atoms with E-state index in [0.29, 0.717) is 19.4 Å². The Hall–Kier alpha value is -1.46. The summed E-state index contributed by atoms with van der Waals surface area (Å²) < 4.78 is 11.5. The number of hydrogen-bond acceptors (Lipinski definition) is 4. The van der Waals surface area contributed by atoms with Crippen LogP contribution in [0.4, 0.5) is 0 Å². The molecule has 22 heavy (non-hydrogen) atoms. The van der Waals surface area contributed by atoms with Gasteiger partial charge >= 0.3 is 0 Å². The van der Waals surface area contributed by atoms with Gasteiger partial charge in [-0.05, 0) is 43.2 Å². The molecule has 1 amide bonds. The first kappa shape index (κ1) is 15.4. The highest BCUT2D eigenvalue weighted by Crippen LogP contribution is 2.30. The minimum atomic E-state index is -0.0195. The smallest absolute Gasteiger partial charge is 0.220 e. The molecule has 0 aromatic carbocycles. The minimum Gasteiger partial charge on any atom is -0.379 e. The number of aromatic nitrogens is 1. The number of ether oxygens (including phenoxy) is 2. The highest BCUT2D eigenvalue weighted by Gasteiger charge is 2.30. The summed E-state index contributed by atoms with van der Waals surface area (Å²) >= 11 is 0. The fourth-order valence-electron chi connectivity index (χ4n) is 2.68. The lowest BCUT2D eigenvalue weighted by Crippen LogP contribution is -2.50. The van der Waals surface area contributed by atoms with Crippen molar-refractivity contribution in [1.29, 1.82) is 0 Å². The molecule has 0 bridgehead atoms. The van der Waals surface area contributed by atoms with Gasteiger partial charge in [-0.1, -0.05) is 6.07 Å². The molecule has 5 nitrogen and oxygen atoms in total. The predicted molar refractivity (Wildman–Crippen MR) is 82.4 cm³/mol. The quantitative estimate of drug-likeness (QED) is 0.833. The number of nitrogens with one attached hydrogen (secondary N) is 1. The third-order valence-corrected chi connectivity index (χ3v) is 4.25. The van der Waals surface area contributed by atoms with Crippen LogP contribution in [0.5, 0.6) is 0 Å². The summed E-state index contributed by atoms with van der Waals surface area (Å²) in [7, 11) is 0. The number of carbonyl (C=O) groups is 1. The van der Waals surface area contributed by atoms with Gasteiger partial charge in [0.2, 0.25) is 5.91 Å². The van der Waals surface area contributed by atoms with Crippen LogP contribution in [0.2, 0.25) is 0 Å². The lowest BCUT2D eigenvalue weighted by Gasteiger charge is -2.32. The van der Waals surface area contributed by atoms with Crippen molar-refractivity contribution in [3.8, 4) is 0 Å². The second kappa shape index (κ2) is 7.70. The first-order chi connectivity index (χ1) is 10.8. The summed E-state index contributed by atoms with van der Waals surface area (Å²) in [5.74, 6) is 0.796. The van der Waals surface area contributed by atoms with Crippen molar-refractivity contribution in [2.45, 2.75) is 44.2 Å². The molecule has 120 valence electrons. The molecular formula is C17H24N2O3. The van der Waals surface area contributed by atoms with Gasteiger partial charge in [-0.3, -0.25) is 9.78 Å². The second-order valence-electron chi connectivity index (χ2n) is 6.21. The summed E-state index contributed by atoms with van der Waals surface area (Å²) in [6, 6.07) is 3.86. The third-order valence-electron chi connectivity index (χ3n) is 4.25. The molecule has 2 aliphatic rings. The minimum absolute atomic E-state index is 0.0195. The first-order valence-corrected chi connectivity index (χ1v) is 8.19. The predicted octanol–water partition coefficient (Wildman–Crippen LogP) is 1.71. The average Bonchev–Trinajstić information content (AvgIpc) is 3.37. The van der Waals surface area contributed by atoms with Crippen LogP contribution < -0.4 is 5.32 Å². The van der Waals surface area contributed by atoms with Gasteiger partial charge in [0, 0.05) is 32.0 Å². The number of aryl methyl sites for hydroxylation is 1. The zero-order chi connectivity index (χ0) is 15.2. The van der Waals surface area contributed by atoms with E-state index in [1.807, 2.05) is 12.1 Å². The number of rotatable bonds is 7. The fraction of sp³-hybridized carbons (Fsp3) is 0.647. The summed E-state index contributed by atoms with van der Waals surface area (Å²) in [4.78, 5) is 16.2. The Morgan fingerprint density at radius 2 is 2.32 bits per heavy atom. The Balaban J connectivity index is 1.43. The lowest BCUT2D eigenvalue weighted by molar-refractivity contribution is -0.126. The Morgan fingerprint density at radius 1 is 1.41 bits per heavy atom. The van der Waals surface area contributed by atoms with Crippen molar-refractivity contribution >= 4 is 5.91 Å². The molecule has 1 aliphatic heterocycles. The van der Waals surface area contributed by atoms with Gasteiger partial charge in [0.25, 0.3) is 0 Å². The van der Waals surface area contributed by atoms with Gasteiger partial charge in [0.05, 0.1) is 18.8 Å². The molecule has 1 saturated heterocycles. The van der Waals surface area contributed by atoms with E-state index in [9.17, 15) is 4.79 Å². The van der Waals surface area contributed by atoms with Gasteiger partial charge in [0.15, 0.2) is 0 Å². The van der Waals surface area contributed by atoms with Crippen molar-refractivity contribution in [2.75, 3.05) is 19.8 Å². The summed E-state index contributed by atoms with van der Waals surface area (Å²) in [6.45, 7) is 2.10. The topological polar surface area (TPSA) is 60.5 Å². The maximum Gasteiger partial charge on any atom is 0.220 e. The van der Waals surface area contributed by atoms with E-state index in [1.54, 1.807) is 12.4 Å². The molecule has 2 heterocycles. The van der Waals surface area contributed by atoms with Crippen molar-refractivity contribution in [3.05, 3.63) is 30.1 Å². The van der Waals surface area contributed by atoms with Crippen LogP contribution in [0, 0.1) is 5.92 Å². The third kappa shape index (κ3) is 4.78. The van der Waals surface area contributed by atoms with E-state index in [1.165, 1.54) is 12.8 Å². The number of nitrogens with zero attached hydrogens (tertiary/aromatic N) is 1. The van der Waals surface area contributed by atoms with E-state index in [4.69, 9.17) is 9.47 Å².